The standard InChI is InChI=1S/C19H14ClNO2/c1-13(22)23-19-11-7-14(12-17(19)20)6-9-16-10-8-15-4-2-3-5-18(15)21-16/h2-12H,1H3. The van der Waals surface area contributed by atoms with Crippen LogP contribution in [-0.2, 0) is 4.79 Å². The van der Waals surface area contributed by atoms with E-state index in [1.165, 1.54) is 6.92 Å². The SMILES string of the molecule is CC(=O)Oc1ccc(C=Cc2ccc3ccccc3n2)cc1Cl. The summed E-state index contributed by atoms with van der Waals surface area (Å²) in [6.45, 7) is 1.34. The molecule has 0 bridgehead atoms. The fraction of sp³-hybridized carbons (Fsp3) is 0.0526. The molecule has 0 amide bonds. The topological polar surface area (TPSA) is 39.2 Å². The summed E-state index contributed by atoms with van der Waals surface area (Å²) >= 11 is 6.11. The Morgan fingerprint density at radius 1 is 1.09 bits per heavy atom. The van der Waals surface area contributed by atoms with E-state index in [4.69, 9.17) is 16.3 Å². The third kappa shape index (κ3) is 3.76. The molecular weight excluding hydrogens is 310 g/mol. The van der Waals surface area contributed by atoms with Gasteiger partial charge >= 0.3 is 5.97 Å². The highest BCUT2D eigenvalue weighted by Gasteiger charge is 2.04. The van der Waals surface area contributed by atoms with Crippen LogP contribution in [0.3, 0.4) is 0 Å². The molecule has 0 radical (unpaired) electrons. The van der Waals surface area contributed by atoms with Crippen LogP contribution in [0.1, 0.15) is 18.2 Å². The number of para-hydroxylation sites is 1. The van der Waals surface area contributed by atoms with Crippen LogP contribution in [-0.4, -0.2) is 11.0 Å². The first-order valence-corrected chi connectivity index (χ1v) is 7.51. The number of hydrogen-bond acceptors (Lipinski definition) is 3. The van der Waals surface area contributed by atoms with Crippen molar-refractivity contribution in [3.8, 4) is 5.75 Å². The second-order valence-electron chi connectivity index (χ2n) is 5.05. The number of ether oxygens (including phenoxy) is 1. The molecule has 0 saturated heterocycles. The number of rotatable bonds is 3. The number of carbonyl (C=O) groups is 1. The van der Waals surface area contributed by atoms with Crippen LogP contribution in [0.2, 0.25) is 5.02 Å². The summed E-state index contributed by atoms with van der Waals surface area (Å²) in [5.74, 6) is -0.0318. The molecule has 114 valence electrons. The van der Waals surface area contributed by atoms with E-state index in [9.17, 15) is 4.79 Å². The average Bonchev–Trinajstić information content (AvgIpc) is 2.54. The highest BCUT2D eigenvalue weighted by atomic mass is 35.5. The van der Waals surface area contributed by atoms with Crippen LogP contribution in [0, 0.1) is 0 Å². The molecule has 0 aliphatic heterocycles. The molecule has 0 unspecified atom stereocenters. The Hall–Kier alpha value is -2.65. The molecule has 0 spiro atoms. The van der Waals surface area contributed by atoms with E-state index >= 15 is 0 Å². The van der Waals surface area contributed by atoms with Gasteiger partial charge in [-0.1, -0.05) is 48.0 Å². The Balaban J connectivity index is 1.83. The molecule has 23 heavy (non-hydrogen) atoms. The van der Waals surface area contributed by atoms with E-state index in [0.717, 1.165) is 22.2 Å². The van der Waals surface area contributed by atoms with Crippen LogP contribution in [0.15, 0.2) is 54.6 Å². The van der Waals surface area contributed by atoms with Gasteiger partial charge in [0.25, 0.3) is 0 Å². The van der Waals surface area contributed by atoms with Gasteiger partial charge in [-0.15, -0.1) is 0 Å². The van der Waals surface area contributed by atoms with Crippen molar-refractivity contribution in [1.29, 1.82) is 0 Å². The average molecular weight is 324 g/mol. The molecule has 3 aromatic rings. The van der Waals surface area contributed by atoms with E-state index in [1.54, 1.807) is 12.1 Å². The number of carbonyl (C=O) groups excluding carboxylic acids is 1. The Morgan fingerprint density at radius 2 is 1.91 bits per heavy atom. The van der Waals surface area contributed by atoms with Crippen LogP contribution >= 0.6 is 11.6 Å². The zero-order valence-electron chi connectivity index (χ0n) is 12.5. The van der Waals surface area contributed by atoms with Gasteiger partial charge in [0, 0.05) is 12.3 Å². The van der Waals surface area contributed by atoms with Crippen molar-refractivity contribution in [3.05, 3.63) is 70.9 Å². The molecule has 3 rings (SSSR count). The second-order valence-corrected chi connectivity index (χ2v) is 5.45. The molecule has 2 aromatic carbocycles. The number of benzene rings is 2. The van der Waals surface area contributed by atoms with Crippen molar-refractivity contribution >= 4 is 40.6 Å². The molecule has 1 aromatic heterocycles. The summed E-state index contributed by atoms with van der Waals surface area (Å²) < 4.78 is 5.00. The van der Waals surface area contributed by atoms with Crippen LogP contribution in [0.5, 0.6) is 5.75 Å². The van der Waals surface area contributed by atoms with Crippen LogP contribution in [0.25, 0.3) is 23.1 Å². The third-order valence-corrected chi connectivity index (χ3v) is 3.57. The van der Waals surface area contributed by atoms with Crippen LogP contribution in [0.4, 0.5) is 0 Å². The van der Waals surface area contributed by atoms with E-state index in [-0.39, 0.29) is 0 Å². The number of esters is 1. The largest absolute Gasteiger partial charge is 0.425 e. The number of fused-ring (bicyclic) bond motifs is 1. The van der Waals surface area contributed by atoms with E-state index in [2.05, 4.69) is 4.98 Å². The van der Waals surface area contributed by atoms with Crippen molar-refractivity contribution in [1.82, 2.24) is 4.98 Å². The first-order chi connectivity index (χ1) is 11.1. The smallest absolute Gasteiger partial charge is 0.308 e. The Bertz CT molecular complexity index is 903. The molecular formula is C19H14ClNO2. The Labute approximate surface area is 139 Å². The summed E-state index contributed by atoms with van der Waals surface area (Å²) in [6.07, 6.45) is 3.84. The first-order valence-electron chi connectivity index (χ1n) is 7.14. The highest BCUT2D eigenvalue weighted by Crippen LogP contribution is 2.26. The van der Waals surface area contributed by atoms with Gasteiger partial charge < -0.3 is 4.74 Å². The van der Waals surface area contributed by atoms with Gasteiger partial charge in [-0.05, 0) is 35.9 Å². The predicted molar refractivity (Wildman–Crippen MR) is 93.4 cm³/mol. The molecule has 0 atom stereocenters. The molecule has 1 heterocycles. The van der Waals surface area contributed by atoms with Gasteiger partial charge in [0.05, 0.1) is 16.2 Å². The number of aromatic nitrogens is 1. The van der Waals surface area contributed by atoms with Gasteiger partial charge in [-0.25, -0.2) is 4.98 Å². The van der Waals surface area contributed by atoms with Crippen molar-refractivity contribution in [2.24, 2.45) is 0 Å². The second kappa shape index (κ2) is 6.63. The quantitative estimate of drug-likeness (QED) is 0.504. The number of hydrogen-bond donors (Lipinski definition) is 0. The van der Waals surface area contributed by atoms with Gasteiger partial charge in [-0.3, -0.25) is 4.79 Å². The summed E-state index contributed by atoms with van der Waals surface area (Å²) in [5.41, 5.74) is 2.72. The molecule has 3 nitrogen and oxygen atoms in total. The van der Waals surface area contributed by atoms with Gasteiger partial charge in [-0.2, -0.15) is 0 Å². The molecule has 0 N–H and O–H groups in total. The molecule has 0 saturated carbocycles. The Morgan fingerprint density at radius 3 is 2.70 bits per heavy atom. The lowest BCUT2D eigenvalue weighted by Crippen LogP contribution is -2.01. The summed E-state index contributed by atoms with van der Waals surface area (Å²) in [6, 6.07) is 17.2. The number of nitrogens with zero attached hydrogens (tertiary/aromatic N) is 1. The number of pyridine rings is 1. The highest BCUT2D eigenvalue weighted by molar-refractivity contribution is 6.32. The van der Waals surface area contributed by atoms with E-state index in [1.807, 2.05) is 54.6 Å². The van der Waals surface area contributed by atoms with E-state index < -0.39 is 5.97 Å². The minimum atomic E-state index is -0.393. The van der Waals surface area contributed by atoms with Gasteiger partial charge in [0.15, 0.2) is 0 Å². The summed E-state index contributed by atoms with van der Waals surface area (Å²) in [4.78, 5) is 15.5. The third-order valence-electron chi connectivity index (χ3n) is 3.28. The van der Waals surface area contributed by atoms with Crippen molar-refractivity contribution in [2.45, 2.75) is 6.92 Å². The lowest BCUT2D eigenvalue weighted by molar-refractivity contribution is -0.131. The van der Waals surface area contributed by atoms with E-state index in [0.29, 0.717) is 10.8 Å². The fourth-order valence-electron chi connectivity index (χ4n) is 2.21. The first kappa shape index (κ1) is 15.3. The monoisotopic (exact) mass is 323 g/mol. The number of halogens is 1. The van der Waals surface area contributed by atoms with Crippen molar-refractivity contribution in [2.75, 3.05) is 0 Å². The van der Waals surface area contributed by atoms with Crippen molar-refractivity contribution < 1.29 is 9.53 Å². The normalized spacial score (nSPS) is 11.0. The fourth-order valence-corrected chi connectivity index (χ4v) is 2.44. The maximum Gasteiger partial charge on any atom is 0.308 e. The molecule has 4 heteroatoms. The molecule has 0 fully saturated rings. The van der Waals surface area contributed by atoms with Crippen molar-refractivity contribution in [3.63, 3.8) is 0 Å². The molecule has 0 aliphatic rings. The minimum absolute atomic E-state index is 0.361. The minimum Gasteiger partial charge on any atom is -0.425 e. The zero-order chi connectivity index (χ0) is 16.2. The maximum absolute atomic E-state index is 11.0. The summed E-state index contributed by atoms with van der Waals surface area (Å²) in [5, 5.41) is 1.51. The lowest BCUT2D eigenvalue weighted by atomic mass is 10.1. The van der Waals surface area contributed by atoms with Gasteiger partial charge in [0.1, 0.15) is 5.75 Å². The molecule has 0 aliphatic carbocycles. The maximum atomic E-state index is 11.0. The zero-order valence-corrected chi connectivity index (χ0v) is 13.2. The predicted octanol–water partition coefficient (Wildman–Crippen LogP) is 4.98. The van der Waals surface area contributed by atoms with Gasteiger partial charge in [0.2, 0.25) is 0 Å². The summed E-state index contributed by atoms with van der Waals surface area (Å²) in [7, 11) is 0. The Kier molecular flexibility index (Phi) is 4.40. The lowest BCUT2D eigenvalue weighted by Gasteiger charge is -2.04. The van der Waals surface area contributed by atoms with Crippen LogP contribution < -0.4 is 4.74 Å².